The van der Waals surface area contributed by atoms with Gasteiger partial charge in [0.1, 0.15) is 17.4 Å². The van der Waals surface area contributed by atoms with E-state index in [-0.39, 0.29) is 11.6 Å². The number of nitrogens with two attached hydrogens (primary N) is 1. The monoisotopic (exact) mass is 414 g/mol. The first-order valence-corrected chi connectivity index (χ1v) is 10.5. The Hall–Kier alpha value is -2.10. The number of pyridine rings is 1. The number of amides is 2. The number of aromatic nitrogens is 1. The first-order chi connectivity index (χ1) is 13.3. The van der Waals surface area contributed by atoms with E-state index < -0.39 is 36.9 Å². The number of hydrogen-bond donors (Lipinski definition) is 2. The number of alkyl halides is 2. The standard InChI is InChI=1S/C18H24F2N4O3S/c1-28-7-6-12(15(21)25)22-16(26)13-4-5-14(24-9-18(19,20)10-24)17(23-13)27-8-11-2-3-11/h4-5,11-12H,2-3,6-10H2,1H3,(H2,21,25)(H,22,26). The van der Waals surface area contributed by atoms with Gasteiger partial charge in [0.05, 0.1) is 19.7 Å². The lowest BCUT2D eigenvalue weighted by atomic mass is 10.1. The van der Waals surface area contributed by atoms with Gasteiger partial charge in [-0.2, -0.15) is 11.8 Å². The maximum atomic E-state index is 13.2. The van der Waals surface area contributed by atoms with Gasteiger partial charge in [-0.1, -0.05) is 0 Å². The molecule has 154 valence electrons. The van der Waals surface area contributed by atoms with Gasteiger partial charge in [0.15, 0.2) is 0 Å². The highest BCUT2D eigenvalue weighted by Crippen LogP contribution is 2.37. The summed E-state index contributed by atoms with van der Waals surface area (Å²) in [5.74, 6) is -2.63. The van der Waals surface area contributed by atoms with Crippen molar-refractivity contribution in [3.05, 3.63) is 17.8 Å². The molecule has 0 aromatic carbocycles. The Labute approximate surface area is 166 Å². The highest BCUT2D eigenvalue weighted by molar-refractivity contribution is 7.98. The lowest BCUT2D eigenvalue weighted by Crippen LogP contribution is -2.56. The summed E-state index contributed by atoms with van der Waals surface area (Å²) in [6, 6.07) is 2.20. The summed E-state index contributed by atoms with van der Waals surface area (Å²) in [7, 11) is 0. The van der Waals surface area contributed by atoms with Crippen LogP contribution in [0.2, 0.25) is 0 Å². The van der Waals surface area contributed by atoms with Crippen LogP contribution in [0.15, 0.2) is 12.1 Å². The summed E-state index contributed by atoms with van der Waals surface area (Å²) in [4.78, 5) is 29.8. The molecule has 1 saturated carbocycles. The zero-order chi connectivity index (χ0) is 20.3. The van der Waals surface area contributed by atoms with Gasteiger partial charge in [-0.25, -0.2) is 13.8 Å². The van der Waals surface area contributed by atoms with Crippen LogP contribution in [0.25, 0.3) is 0 Å². The van der Waals surface area contributed by atoms with E-state index >= 15 is 0 Å². The molecule has 3 N–H and O–H groups in total. The summed E-state index contributed by atoms with van der Waals surface area (Å²) >= 11 is 1.54. The lowest BCUT2D eigenvalue weighted by molar-refractivity contribution is -0.119. The average molecular weight is 414 g/mol. The van der Waals surface area contributed by atoms with E-state index in [1.54, 1.807) is 17.8 Å². The van der Waals surface area contributed by atoms with Crippen molar-refractivity contribution in [2.45, 2.75) is 31.2 Å². The molecule has 0 spiro atoms. The van der Waals surface area contributed by atoms with E-state index in [1.807, 2.05) is 6.26 Å². The molecular formula is C18H24F2N4O3S. The number of carbonyl (C=O) groups is 2. The summed E-state index contributed by atoms with van der Waals surface area (Å²) in [6.07, 6.45) is 4.43. The summed E-state index contributed by atoms with van der Waals surface area (Å²) < 4.78 is 32.2. The molecule has 28 heavy (non-hydrogen) atoms. The lowest BCUT2D eigenvalue weighted by Gasteiger charge is -2.40. The summed E-state index contributed by atoms with van der Waals surface area (Å²) in [6.45, 7) is -0.371. The number of ether oxygens (including phenoxy) is 1. The largest absolute Gasteiger partial charge is 0.476 e. The maximum Gasteiger partial charge on any atom is 0.282 e. The maximum absolute atomic E-state index is 13.2. The predicted octanol–water partition coefficient (Wildman–Crippen LogP) is 1.66. The second kappa shape index (κ2) is 8.50. The van der Waals surface area contributed by atoms with E-state index in [0.717, 1.165) is 12.8 Å². The van der Waals surface area contributed by atoms with Crippen LogP contribution in [-0.4, -0.2) is 60.5 Å². The van der Waals surface area contributed by atoms with E-state index in [0.29, 0.717) is 30.4 Å². The zero-order valence-corrected chi connectivity index (χ0v) is 16.4. The van der Waals surface area contributed by atoms with Gasteiger partial charge in [-0.05, 0) is 49.3 Å². The zero-order valence-electron chi connectivity index (χ0n) is 15.6. The molecule has 1 aromatic heterocycles. The molecule has 1 saturated heterocycles. The molecule has 10 heteroatoms. The Morgan fingerprint density at radius 3 is 2.71 bits per heavy atom. The van der Waals surface area contributed by atoms with Crippen molar-refractivity contribution in [2.24, 2.45) is 11.7 Å². The predicted molar refractivity (Wildman–Crippen MR) is 103 cm³/mol. The Bertz CT molecular complexity index is 738. The molecule has 1 atom stereocenters. The smallest absolute Gasteiger partial charge is 0.282 e. The summed E-state index contributed by atoms with van der Waals surface area (Å²) in [5, 5.41) is 2.58. The normalized spacial score (nSPS) is 18.9. The van der Waals surface area contributed by atoms with Crippen LogP contribution in [0.3, 0.4) is 0 Å². The van der Waals surface area contributed by atoms with Gasteiger partial charge in [0.2, 0.25) is 11.8 Å². The molecule has 7 nitrogen and oxygen atoms in total. The van der Waals surface area contributed by atoms with Crippen molar-refractivity contribution in [3.63, 3.8) is 0 Å². The Morgan fingerprint density at radius 2 is 2.14 bits per heavy atom. The number of hydrogen-bond acceptors (Lipinski definition) is 6. The minimum atomic E-state index is -2.73. The third-order valence-corrected chi connectivity index (χ3v) is 5.31. The van der Waals surface area contributed by atoms with Gasteiger partial charge >= 0.3 is 0 Å². The summed E-state index contributed by atoms with van der Waals surface area (Å²) in [5.41, 5.74) is 5.85. The number of carbonyl (C=O) groups excluding carboxylic acids is 2. The number of halogens is 2. The van der Waals surface area contributed by atoms with Gasteiger partial charge in [0, 0.05) is 0 Å². The second-order valence-corrected chi connectivity index (χ2v) is 8.18. The molecule has 1 unspecified atom stereocenters. The van der Waals surface area contributed by atoms with Crippen molar-refractivity contribution in [2.75, 3.05) is 36.6 Å². The molecule has 3 rings (SSSR count). The number of anilines is 1. The fourth-order valence-corrected chi connectivity index (χ4v) is 3.30. The van der Waals surface area contributed by atoms with Crippen LogP contribution in [0, 0.1) is 5.92 Å². The minimum absolute atomic E-state index is 0.0530. The van der Waals surface area contributed by atoms with Crippen LogP contribution in [-0.2, 0) is 4.79 Å². The molecular weight excluding hydrogens is 390 g/mol. The highest BCUT2D eigenvalue weighted by Gasteiger charge is 2.45. The third kappa shape index (κ3) is 5.24. The number of rotatable bonds is 10. The van der Waals surface area contributed by atoms with E-state index in [2.05, 4.69) is 10.3 Å². The van der Waals surface area contributed by atoms with E-state index in [4.69, 9.17) is 10.5 Å². The number of nitrogens with one attached hydrogen (secondary N) is 1. The molecule has 2 heterocycles. The van der Waals surface area contributed by atoms with Gasteiger partial charge in [-0.3, -0.25) is 9.59 Å². The van der Waals surface area contributed by atoms with Crippen molar-refractivity contribution in [1.29, 1.82) is 0 Å². The Morgan fingerprint density at radius 1 is 1.43 bits per heavy atom. The highest BCUT2D eigenvalue weighted by atomic mass is 32.2. The Kier molecular flexibility index (Phi) is 6.26. The van der Waals surface area contributed by atoms with E-state index in [1.165, 1.54) is 11.0 Å². The molecule has 1 aromatic rings. The first kappa shape index (κ1) is 20.6. The van der Waals surface area contributed by atoms with Crippen molar-refractivity contribution in [3.8, 4) is 5.88 Å². The van der Waals surface area contributed by atoms with Crippen molar-refractivity contribution < 1.29 is 23.1 Å². The average Bonchev–Trinajstić information content (AvgIpc) is 3.45. The van der Waals surface area contributed by atoms with Crippen LogP contribution >= 0.6 is 11.8 Å². The van der Waals surface area contributed by atoms with Crippen LogP contribution < -0.4 is 20.7 Å². The van der Waals surface area contributed by atoms with Crippen molar-refractivity contribution in [1.82, 2.24) is 10.3 Å². The molecule has 2 amide bonds. The third-order valence-electron chi connectivity index (χ3n) is 4.67. The van der Waals surface area contributed by atoms with Crippen LogP contribution in [0.4, 0.5) is 14.5 Å². The first-order valence-electron chi connectivity index (χ1n) is 9.15. The van der Waals surface area contributed by atoms with Crippen LogP contribution in [0.1, 0.15) is 29.8 Å². The number of primary amides is 1. The fourth-order valence-electron chi connectivity index (χ4n) is 2.82. The second-order valence-electron chi connectivity index (χ2n) is 7.20. The minimum Gasteiger partial charge on any atom is -0.476 e. The SMILES string of the molecule is CSCCC(NC(=O)c1ccc(N2CC(F)(F)C2)c(OCC2CC2)n1)C(N)=O. The topological polar surface area (TPSA) is 97.6 Å². The molecule has 2 aliphatic rings. The number of nitrogens with zero attached hydrogens (tertiary/aromatic N) is 2. The quantitative estimate of drug-likeness (QED) is 0.604. The molecule has 1 aliphatic heterocycles. The van der Waals surface area contributed by atoms with Crippen LogP contribution in [0.5, 0.6) is 5.88 Å². The molecule has 0 radical (unpaired) electrons. The van der Waals surface area contributed by atoms with Gasteiger partial charge in [-0.15, -0.1) is 0 Å². The molecule has 2 fully saturated rings. The van der Waals surface area contributed by atoms with Crippen molar-refractivity contribution >= 4 is 29.3 Å². The Balaban J connectivity index is 1.73. The van der Waals surface area contributed by atoms with Gasteiger partial charge in [0.25, 0.3) is 11.8 Å². The van der Waals surface area contributed by atoms with E-state index in [9.17, 15) is 18.4 Å². The van der Waals surface area contributed by atoms with Gasteiger partial charge < -0.3 is 20.7 Å². The fraction of sp³-hybridized carbons (Fsp3) is 0.611. The molecule has 0 bridgehead atoms. The molecule has 1 aliphatic carbocycles. The number of thioether (sulfide) groups is 1.